The van der Waals surface area contributed by atoms with Gasteiger partial charge >= 0.3 is 0 Å². The van der Waals surface area contributed by atoms with Crippen LogP contribution in [0.3, 0.4) is 0 Å². The zero-order valence-electron chi connectivity index (χ0n) is 8.24. The summed E-state index contributed by atoms with van der Waals surface area (Å²) >= 11 is 7.23. The SMILES string of the molecule is CC(NCC(O)C(N)=O)c1csc(Cl)c1. The van der Waals surface area contributed by atoms with Crippen molar-refractivity contribution in [1.29, 1.82) is 0 Å². The van der Waals surface area contributed by atoms with Gasteiger partial charge < -0.3 is 16.2 Å². The Kier molecular flexibility index (Phi) is 4.53. The van der Waals surface area contributed by atoms with Crippen molar-refractivity contribution in [2.24, 2.45) is 5.73 Å². The first-order valence-corrected chi connectivity index (χ1v) is 5.71. The van der Waals surface area contributed by atoms with Crippen LogP contribution in [0.4, 0.5) is 0 Å². The van der Waals surface area contributed by atoms with Crippen LogP contribution in [-0.2, 0) is 4.79 Å². The smallest absolute Gasteiger partial charge is 0.247 e. The number of carbonyl (C=O) groups is 1. The summed E-state index contributed by atoms with van der Waals surface area (Å²) in [6, 6.07) is 1.88. The van der Waals surface area contributed by atoms with E-state index in [2.05, 4.69) is 5.32 Å². The van der Waals surface area contributed by atoms with Gasteiger partial charge in [0.25, 0.3) is 0 Å². The molecule has 0 bridgehead atoms. The summed E-state index contributed by atoms with van der Waals surface area (Å²) in [6.45, 7) is 2.07. The number of nitrogens with two attached hydrogens (primary N) is 1. The van der Waals surface area contributed by atoms with Gasteiger partial charge in [0.15, 0.2) is 0 Å². The topological polar surface area (TPSA) is 75.3 Å². The third-order valence-corrected chi connectivity index (χ3v) is 3.14. The van der Waals surface area contributed by atoms with Gasteiger partial charge in [-0.05, 0) is 23.9 Å². The minimum absolute atomic E-state index is 0.0303. The predicted molar refractivity (Wildman–Crippen MR) is 60.9 cm³/mol. The van der Waals surface area contributed by atoms with Crippen molar-refractivity contribution in [3.63, 3.8) is 0 Å². The third-order valence-electron chi connectivity index (χ3n) is 2.03. The second-order valence-electron chi connectivity index (χ2n) is 3.23. The standard InChI is InChI=1S/C9H13ClN2O2S/c1-5(6-2-8(10)15-4-6)12-3-7(13)9(11)14/h2,4-5,7,12-13H,3H2,1H3,(H2,11,14). The lowest BCUT2D eigenvalue weighted by atomic mass is 10.2. The van der Waals surface area contributed by atoms with Crippen LogP contribution in [0.1, 0.15) is 18.5 Å². The molecule has 1 amide bonds. The second-order valence-corrected chi connectivity index (χ2v) is 4.77. The highest BCUT2D eigenvalue weighted by Crippen LogP contribution is 2.24. The summed E-state index contributed by atoms with van der Waals surface area (Å²) < 4.78 is 0.717. The van der Waals surface area contributed by atoms with E-state index >= 15 is 0 Å². The lowest BCUT2D eigenvalue weighted by Crippen LogP contribution is -2.38. The van der Waals surface area contributed by atoms with Gasteiger partial charge in [-0.15, -0.1) is 11.3 Å². The zero-order chi connectivity index (χ0) is 11.4. The van der Waals surface area contributed by atoms with Crippen molar-refractivity contribution >= 4 is 28.8 Å². The molecule has 84 valence electrons. The largest absolute Gasteiger partial charge is 0.382 e. The molecule has 15 heavy (non-hydrogen) atoms. The van der Waals surface area contributed by atoms with Crippen molar-refractivity contribution in [3.8, 4) is 0 Å². The number of amides is 1. The fraction of sp³-hybridized carbons (Fsp3) is 0.444. The molecular formula is C9H13ClN2O2S. The lowest BCUT2D eigenvalue weighted by molar-refractivity contribution is -0.125. The maximum Gasteiger partial charge on any atom is 0.247 e. The zero-order valence-corrected chi connectivity index (χ0v) is 9.81. The van der Waals surface area contributed by atoms with E-state index in [1.54, 1.807) is 0 Å². The molecule has 0 saturated heterocycles. The highest BCUT2D eigenvalue weighted by Gasteiger charge is 2.13. The normalized spacial score (nSPS) is 14.9. The highest BCUT2D eigenvalue weighted by molar-refractivity contribution is 7.14. The van der Waals surface area contributed by atoms with Crippen molar-refractivity contribution in [2.45, 2.75) is 19.1 Å². The molecule has 1 rings (SSSR count). The maximum absolute atomic E-state index is 10.6. The summed E-state index contributed by atoms with van der Waals surface area (Å²) in [5, 5.41) is 14.1. The first kappa shape index (κ1) is 12.4. The van der Waals surface area contributed by atoms with Crippen LogP contribution in [0.2, 0.25) is 4.34 Å². The van der Waals surface area contributed by atoms with Crippen LogP contribution in [-0.4, -0.2) is 23.7 Å². The number of hydrogen-bond acceptors (Lipinski definition) is 4. The average Bonchev–Trinajstić information content (AvgIpc) is 2.60. The number of hydrogen-bond donors (Lipinski definition) is 3. The molecule has 4 N–H and O–H groups in total. The van der Waals surface area contributed by atoms with E-state index in [1.165, 1.54) is 11.3 Å². The van der Waals surface area contributed by atoms with Crippen LogP contribution in [0.25, 0.3) is 0 Å². The Labute approximate surface area is 97.0 Å². The van der Waals surface area contributed by atoms with Crippen molar-refractivity contribution in [3.05, 3.63) is 21.3 Å². The minimum Gasteiger partial charge on any atom is -0.382 e. The number of aliphatic hydroxyl groups is 1. The Balaban J connectivity index is 2.43. The first-order valence-electron chi connectivity index (χ1n) is 4.45. The Bertz CT molecular complexity index is 343. The Morgan fingerprint density at radius 1 is 1.80 bits per heavy atom. The van der Waals surface area contributed by atoms with E-state index in [0.29, 0.717) is 4.34 Å². The van der Waals surface area contributed by atoms with Crippen molar-refractivity contribution < 1.29 is 9.90 Å². The predicted octanol–water partition coefficient (Wildman–Crippen LogP) is 0.898. The monoisotopic (exact) mass is 248 g/mol. The van der Waals surface area contributed by atoms with Gasteiger partial charge in [-0.25, -0.2) is 0 Å². The van der Waals surface area contributed by atoms with Crippen LogP contribution >= 0.6 is 22.9 Å². The Morgan fingerprint density at radius 3 is 2.93 bits per heavy atom. The quantitative estimate of drug-likeness (QED) is 0.725. The highest BCUT2D eigenvalue weighted by atomic mass is 35.5. The van der Waals surface area contributed by atoms with Gasteiger partial charge in [0.05, 0.1) is 4.34 Å². The van der Waals surface area contributed by atoms with Gasteiger partial charge in [-0.2, -0.15) is 0 Å². The summed E-state index contributed by atoms with van der Waals surface area (Å²) in [5.41, 5.74) is 5.95. The van der Waals surface area contributed by atoms with Gasteiger partial charge in [0.2, 0.25) is 5.91 Å². The summed E-state index contributed by atoms with van der Waals surface area (Å²) in [6.07, 6.45) is -1.15. The molecular weight excluding hydrogens is 236 g/mol. The lowest BCUT2D eigenvalue weighted by Gasteiger charge is -2.14. The summed E-state index contributed by atoms with van der Waals surface area (Å²) in [4.78, 5) is 10.6. The van der Waals surface area contributed by atoms with Crippen LogP contribution in [0.15, 0.2) is 11.4 Å². The summed E-state index contributed by atoms with van der Waals surface area (Å²) in [5.74, 6) is -0.724. The van der Waals surface area contributed by atoms with Gasteiger partial charge in [-0.3, -0.25) is 4.79 Å². The molecule has 0 aliphatic carbocycles. The van der Waals surface area contributed by atoms with Gasteiger partial charge in [0, 0.05) is 12.6 Å². The molecule has 2 atom stereocenters. The molecule has 1 heterocycles. The Hall–Kier alpha value is -0.620. The Morgan fingerprint density at radius 2 is 2.47 bits per heavy atom. The first-order chi connectivity index (χ1) is 7.00. The summed E-state index contributed by atoms with van der Waals surface area (Å²) in [7, 11) is 0. The molecule has 0 aromatic carbocycles. The fourth-order valence-corrected chi connectivity index (χ4v) is 2.04. The molecule has 1 aromatic heterocycles. The van der Waals surface area contributed by atoms with Gasteiger partial charge in [-0.1, -0.05) is 11.6 Å². The molecule has 0 spiro atoms. The van der Waals surface area contributed by atoms with E-state index in [0.717, 1.165) is 5.56 Å². The van der Waals surface area contributed by atoms with Crippen molar-refractivity contribution in [2.75, 3.05) is 6.54 Å². The second kappa shape index (κ2) is 5.46. The van der Waals surface area contributed by atoms with Gasteiger partial charge in [0.1, 0.15) is 6.10 Å². The number of rotatable bonds is 5. The number of nitrogens with one attached hydrogen (secondary N) is 1. The molecule has 0 saturated carbocycles. The van der Waals surface area contributed by atoms with E-state index in [1.807, 2.05) is 18.4 Å². The average molecular weight is 249 g/mol. The molecule has 4 nitrogen and oxygen atoms in total. The molecule has 1 aromatic rings. The molecule has 0 aliphatic rings. The molecule has 6 heteroatoms. The van der Waals surface area contributed by atoms with E-state index in [4.69, 9.17) is 22.4 Å². The van der Waals surface area contributed by atoms with Crippen LogP contribution in [0.5, 0.6) is 0 Å². The molecule has 0 fully saturated rings. The maximum atomic E-state index is 10.6. The number of carbonyl (C=O) groups excluding carboxylic acids is 1. The van der Waals surface area contributed by atoms with Crippen LogP contribution < -0.4 is 11.1 Å². The molecule has 2 unspecified atom stereocenters. The number of thiophene rings is 1. The number of primary amides is 1. The van der Waals surface area contributed by atoms with E-state index in [-0.39, 0.29) is 12.6 Å². The minimum atomic E-state index is -1.15. The number of halogens is 1. The molecule has 0 radical (unpaired) electrons. The van der Waals surface area contributed by atoms with Crippen LogP contribution in [0, 0.1) is 0 Å². The van der Waals surface area contributed by atoms with E-state index in [9.17, 15) is 4.79 Å². The third kappa shape index (κ3) is 3.79. The van der Waals surface area contributed by atoms with Crippen molar-refractivity contribution in [1.82, 2.24) is 5.32 Å². The molecule has 0 aliphatic heterocycles. The number of aliphatic hydroxyl groups excluding tert-OH is 1. The van der Waals surface area contributed by atoms with E-state index < -0.39 is 12.0 Å². The fourth-order valence-electron chi connectivity index (χ4n) is 1.06.